The molecule has 3 nitrogen and oxygen atoms in total. The van der Waals surface area contributed by atoms with Crippen molar-refractivity contribution >= 4 is 12.0 Å². The van der Waals surface area contributed by atoms with Crippen LogP contribution in [-0.2, 0) is 4.79 Å². The van der Waals surface area contributed by atoms with Gasteiger partial charge in [-0.05, 0) is 23.8 Å². The van der Waals surface area contributed by atoms with Crippen LogP contribution in [0.5, 0.6) is 5.75 Å². The second-order valence-electron chi connectivity index (χ2n) is 3.14. The van der Waals surface area contributed by atoms with E-state index in [0.717, 1.165) is 11.3 Å². The Labute approximate surface area is 95.4 Å². The molecule has 0 saturated carbocycles. The van der Waals surface area contributed by atoms with Gasteiger partial charge in [0, 0.05) is 12.6 Å². The summed E-state index contributed by atoms with van der Waals surface area (Å²) in [4.78, 5) is 11.2. The van der Waals surface area contributed by atoms with E-state index in [-0.39, 0.29) is 5.91 Å². The van der Waals surface area contributed by atoms with Crippen LogP contribution in [-0.4, -0.2) is 19.6 Å². The van der Waals surface area contributed by atoms with Crippen molar-refractivity contribution in [1.29, 1.82) is 0 Å². The molecule has 1 rings (SSSR count). The maximum atomic E-state index is 11.2. The van der Waals surface area contributed by atoms with Crippen LogP contribution in [0.25, 0.3) is 6.08 Å². The molecule has 1 amide bonds. The first-order chi connectivity index (χ1) is 7.76. The largest absolute Gasteiger partial charge is 0.497 e. The van der Waals surface area contributed by atoms with Crippen LogP contribution in [0, 0.1) is 0 Å². The first kappa shape index (κ1) is 12.0. The Balaban J connectivity index is 2.55. The molecule has 1 N–H and O–H groups in total. The molecule has 0 aromatic heterocycles. The van der Waals surface area contributed by atoms with Gasteiger partial charge in [0.2, 0.25) is 5.91 Å². The molecule has 0 unspecified atom stereocenters. The zero-order valence-corrected chi connectivity index (χ0v) is 9.27. The van der Waals surface area contributed by atoms with Crippen molar-refractivity contribution in [2.24, 2.45) is 0 Å². The number of hydrogen-bond donors (Lipinski definition) is 1. The zero-order chi connectivity index (χ0) is 11.8. The minimum atomic E-state index is -0.129. The Morgan fingerprint density at radius 1 is 1.44 bits per heavy atom. The third-order valence-corrected chi connectivity index (χ3v) is 1.96. The van der Waals surface area contributed by atoms with Gasteiger partial charge in [0.15, 0.2) is 0 Å². The third kappa shape index (κ3) is 4.00. The molecule has 84 valence electrons. The van der Waals surface area contributed by atoms with Gasteiger partial charge in [0.25, 0.3) is 0 Å². The van der Waals surface area contributed by atoms with Crippen LogP contribution in [0.2, 0.25) is 0 Å². The van der Waals surface area contributed by atoms with Crippen LogP contribution >= 0.6 is 0 Å². The normalized spacial score (nSPS) is 10.1. The Hall–Kier alpha value is -2.03. The Kier molecular flexibility index (Phi) is 4.86. The van der Waals surface area contributed by atoms with Gasteiger partial charge < -0.3 is 10.1 Å². The van der Waals surface area contributed by atoms with Crippen molar-refractivity contribution in [2.45, 2.75) is 0 Å². The summed E-state index contributed by atoms with van der Waals surface area (Å²) < 4.78 is 5.03. The molecule has 0 aliphatic carbocycles. The molecule has 1 aromatic rings. The van der Waals surface area contributed by atoms with Gasteiger partial charge in [-0.25, -0.2) is 0 Å². The second kappa shape index (κ2) is 6.45. The average molecular weight is 217 g/mol. The number of carbonyl (C=O) groups excluding carboxylic acids is 1. The fourth-order valence-corrected chi connectivity index (χ4v) is 1.12. The summed E-state index contributed by atoms with van der Waals surface area (Å²) >= 11 is 0. The van der Waals surface area contributed by atoms with Crippen LogP contribution in [0.15, 0.2) is 43.0 Å². The minimum absolute atomic E-state index is 0.129. The van der Waals surface area contributed by atoms with Gasteiger partial charge >= 0.3 is 0 Å². The summed E-state index contributed by atoms with van der Waals surface area (Å²) in [5, 5.41) is 2.66. The first-order valence-electron chi connectivity index (χ1n) is 4.97. The number of ether oxygens (including phenoxy) is 1. The molecule has 0 spiro atoms. The van der Waals surface area contributed by atoms with Gasteiger partial charge in [0.1, 0.15) is 5.75 Å². The third-order valence-electron chi connectivity index (χ3n) is 1.96. The van der Waals surface area contributed by atoms with Crippen LogP contribution in [0.1, 0.15) is 5.56 Å². The fourth-order valence-electron chi connectivity index (χ4n) is 1.12. The number of carbonyl (C=O) groups is 1. The summed E-state index contributed by atoms with van der Waals surface area (Å²) in [7, 11) is 1.62. The number of methoxy groups -OCH3 is 1. The standard InChI is InChI=1S/C13H15NO2/c1-3-10-14-13(15)9-6-11-4-7-12(16-2)8-5-11/h3-9H,1,10H2,2H3,(H,14,15). The quantitative estimate of drug-likeness (QED) is 0.605. The topological polar surface area (TPSA) is 38.3 Å². The van der Waals surface area contributed by atoms with E-state index in [1.54, 1.807) is 19.3 Å². The van der Waals surface area contributed by atoms with E-state index in [2.05, 4.69) is 11.9 Å². The Morgan fingerprint density at radius 2 is 2.12 bits per heavy atom. The van der Waals surface area contributed by atoms with E-state index in [1.807, 2.05) is 24.3 Å². The predicted molar refractivity (Wildman–Crippen MR) is 65.2 cm³/mol. The lowest BCUT2D eigenvalue weighted by Crippen LogP contribution is -2.20. The number of nitrogens with one attached hydrogen (secondary N) is 1. The smallest absolute Gasteiger partial charge is 0.244 e. The summed E-state index contributed by atoms with van der Waals surface area (Å²) in [6.45, 7) is 4.00. The highest BCUT2D eigenvalue weighted by Gasteiger charge is 1.93. The molecular weight excluding hydrogens is 202 g/mol. The van der Waals surface area contributed by atoms with Crippen molar-refractivity contribution in [1.82, 2.24) is 5.32 Å². The van der Waals surface area contributed by atoms with Crippen LogP contribution < -0.4 is 10.1 Å². The maximum Gasteiger partial charge on any atom is 0.244 e. The summed E-state index contributed by atoms with van der Waals surface area (Å²) in [5.41, 5.74) is 0.953. The molecule has 0 aliphatic rings. The lowest BCUT2D eigenvalue weighted by Gasteiger charge is -1.99. The molecule has 0 saturated heterocycles. The van der Waals surface area contributed by atoms with Crippen molar-refractivity contribution < 1.29 is 9.53 Å². The lowest BCUT2D eigenvalue weighted by molar-refractivity contribution is -0.116. The van der Waals surface area contributed by atoms with E-state index < -0.39 is 0 Å². The number of rotatable bonds is 5. The highest BCUT2D eigenvalue weighted by Crippen LogP contribution is 2.11. The molecule has 0 atom stereocenters. The number of amides is 1. The fraction of sp³-hybridized carbons (Fsp3) is 0.154. The van der Waals surface area contributed by atoms with Gasteiger partial charge in [-0.15, -0.1) is 6.58 Å². The molecule has 16 heavy (non-hydrogen) atoms. The molecule has 0 fully saturated rings. The average Bonchev–Trinajstić information content (AvgIpc) is 2.34. The summed E-state index contributed by atoms with van der Waals surface area (Å²) in [6.07, 6.45) is 4.88. The summed E-state index contributed by atoms with van der Waals surface area (Å²) in [5.74, 6) is 0.670. The lowest BCUT2D eigenvalue weighted by atomic mass is 10.2. The van der Waals surface area contributed by atoms with Gasteiger partial charge in [-0.3, -0.25) is 4.79 Å². The van der Waals surface area contributed by atoms with E-state index in [9.17, 15) is 4.79 Å². The van der Waals surface area contributed by atoms with Crippen molar-refractivity contribution in [3.63, 3.8) is 0 Å². The van der Waals surface area contributed by atoms with Crippen molar-refractivity contribution in [2.75, 3.05) is 13.7 Å². The van der Waals surface area contributed by atoms with E-state index in [4.69, 9.17) is 4.74 Å². The second-order valence-corrected chi connectivity index (χ2v) is 3.14. The highest BCUT2D eigenvalue weighted by atomic mass is 16.5. The molecule has 0 aliphatic heterocycles. The van der Waals surface area contributed by atoms with E-state index in [0.29, 0.717) is 6.54 Å². The molecular formula is C13H15NO2. The van der Waals surface area contributed by atoms with Crippen LogP contribution in [0.3, 0.4) is 0 Å². The van der Waals surface area contributed by atoms with Gasteiger partial charge in [0.05, 0.1) is 7.11 Å². The van der Waals surface area contributed by atoms with Gasteiger partial charge in [-0.1, -0.05) is 18.2 Å². The molecule has 3 heteroatoms. The Bertz CT molecular complexity index is 379. The molecule has 1 aromatic carbocycles. The SMILES string of the molecule is C=CCNC(=O)C=Cc1ccc(OC)cc1. The zero-order valence-electron chi connectivity index (χ0n) is 9.27. The minimum Gasteiger partial charge on any atom is -0.497 e. The Morgan fingerprint density at radius 3 is 2.69 bits per heavy atom. The monoisotopic (exact) mass is 217 g/mol. The van der Waals surface area contributed by atoms with Gasteiger partial charge in [-0.2, -0.15) is 0 Å². The molecule has 0 heterocycles. The predicted octanol–water partition coefficient (Wildman–Crippen LogP) is 2.01. The first-order valence-corrected chi connectivity index (χ1v) is 4.97. The maximum absolute atomic E-state index is 11.2. The highest BCUT2D eigenvalue weighted by molar-refractivity contribution is 5.91. The van der Waals surface area contributed by atoms with Crippen molar-refractivity contribution in [3.8, 4) is 5.75 Å². The van der Waals surface area contributed by atoms with Crippen molar-refractivity contribution in [3.05, 3.63) is 48.6 Å². The molecule has 0 bridgehead atoms. The summed E-state index contributed by atoms with van der Waals surface area (Å²) in [6, 6.07) is 7.47. The van der Waals surface area contributed by atoms with E-state index >= 15 is 0 Å². The van der Waals surface area contributed by atoms with E-state index in [1.165, 1.54) is 6.08 Å². The number of benzene rings is 1. The number of hydrogen-bond acceptors (Lipinski definition) is 2. The van der Waals surface area contributed by atoms with Crippen LogP contribution in [0.4, 0.5) is 0 Å². The molecule has 0 radical (unpaired) electrons.